The Balaban J connectivity index is 1.87. The van der Waals surface area contributed by atoms with Gasteiger partial charge in [0.25, 0.3) is 5.91 Å². The van der Waals surface area contributed by atoms with Crippen LogP contribution in [-0.4, -0.2) is 11.0 Å². The highest BCUT2D eigenvalue weighted by molar-refractivity contribution is 6.30. The molecule has 0 fully saturated rings. The Labute approximate surface area is 156 Å². The molecule has 5 heteroatoms. The van der Waals surface area contributed by atoms with Gasteiger partial charge in [-0.3, -0.25) is 4.79 Å². The van der Waals surface area contributed by atoms with Gasteiger partial charge in [0.1, 0.15) is 12.4 Å². The smallest absolute Gasteiger partial charge is 0.258 e. The quantitative estimate of drug-likeness (QED) is 0.698. The third-order valence-electron chi connectivity index (χ3n) is 4.11. The zero-order valence-corrected chi connectivity index (χ0v) is 14.7. The van der Waals surface area contributed by atoms with Crippen LogP contribution in [0.25, 0.3) is 0 Å². The molecule has 132 valence electrons. The lowest BCUT2D eigenvalue weighted by Gasteiger charge is -2.26. The van der Waals surface area contributed by atoms with Crippen molar-refractivity contribution in [3.05, 3.63) is 101 Å². The first-order chi connectivity index (χ1) is 12.5. The second-order valence-corrected chi connectivity index (χ2v) is 6.32. The van der Waals surface area contributed by atoms with E-state index in [4.69, 9.17) is 22.1 Å². The Kier molecular flexibility index (Phi) is 5.26. The molecule has 0 radical (unpaired) electrons. The molecule has 1 atom stereocenters. The number of primary amides is 1. The van der Waals surface area contributed by atoms with Crippen LogP contribution in [0, 0.1) is 0 Å². The number of benzene rings is 3. The number of halogens is 1. The maximum atomic E-state index is 12.1. The monoisotopic (exact) mass is 367 g/mol. The lowest BCUT2D eigenvalue weighted by molar-refractivity contribution is -0.133. The second-order valence-electron chi connectivity index (χ2n) is 5.88. The number of rotatable bonds is 6. The molecular formula is C21H18ClNO3. The zero-order chi connectivity index (χ0) is 18.6. The molecule has 0 heterocycles. The summed E-state index contributed by atoms with van der Waals surface area (Å²) >= 11 is 5.86. The zero-order valence-electron chi connectivity index (χ0n) is 13.9. The molecule has 3 N–H and O–H groups in total. The van der Waals surface area contributed by atoms with Gasteiger partial charge >= 0.3 is 0 Å². The minimum atomic E-state index is -1.91. The van der Waals surface area contributed by atoms with Gasteiger partial charge in [0.15, 0.2) is 5.60 Å². The van der Waals surface area contributed by atoms with Crippen LogP contribution in [0.15, 0.2) is 78.9 Å². The molecule has 0 saturated carbocycles. The highest BCUT2D eigenvalue weighted by atomic mass is 35.5. The predicted molar refractivity (Wildman–Crippen MR) is 101 cm³/mol. The van der Waals surface area contributed by atoms with E-state index in [-0.39, 0.29) is 6.61 Å². The van der Waals surface area contributed by atoms with Crippen LogP contribution in [0.1, 0.15) is 16.7 Å². The maximum absolute atomic E-state index is 12.1. The normalized spacial score (nSPS) is 13.0. The summed E-state index contributed by atoms with van der Waals surface area (Å²) in [6.45, 7) is 0.277. The van der Waals surface area contributed by atoms with Gasteiger partial charge < -0.3 is 15.6 Å². The van der Waals surface area contributed by atoms with Gasteiger partial charge in [-0.2, -0.15) is 0 Å². The molecule has 1 amide bonds. The molecule has 0 aliphatic rings. The first kappa shape index (κ1) is 18.0. The number of aliphatic hydroxyl groups is 1. The molecule has 0 bridgehead atoms. The van der Waals surface area contributed by atoms with E-state index in [1.54, 1.807) is 72.8 Å². The van der Waals surface area contributed by atoms with E-state index < -0.39 is 11.5 Å². The molecule has 0 aliphatic heterocycles. The molecule has 3 aromatic carbocycles. The van der Waals surface area contributed by atoms with E-state index in [9.17, 15) is 9.90 Å². The maximum Gasteiger partial charge on any atom is 0.258 e. The summed E-state index contributed by atoms with van der Waals surface area (Å²) in [6, 6.07) is 22.7. The fraction of sp³-hybridized carbons (Fsp3) is 0.0952. The molecule has 0 aliphatic carbocycles. The van der Waals surface area contributed by atoms with E-state index >= 15 is 0 Å². The summed E-state index contributed by atoms with van der Waals surface area (Å²) in [7, 11) is 0. The predicted octanol–water partition coefficient (Wildman–Crippen LogP) is 3.64. The minimum Gasteiger partial charge on any atom is -0.489 e. The second kappa shape index (κ2) is 7.60. The standard InChI is InChI=1S/C21H18ClNO3/c22-18-9-11-19(12-10-18)26-14-15-5-4-8-17(13-15)21(25,20(23)24)16-6-2-1-3-7-16/h1-13,25H,14H2,(H2,23,24). The lowest BCUT2D eigenvalue weighted by atomic mass is 9.85. The summed E-state index contributed by atoms with van der Waals surface area (Å²) in [6.07, 6.45) is 0. The summed E-state index contributed by atoms with van der Waals surface area (Å²) in [5.74, 6) is -0.160. The van der Waals surface area contributed by atoms with Gasteiger partial charge in [0, 0.05) is 5.02 Å². The Morgan fingerprint density at radius 2 is 1.62 bits per heavy atom. The number of carbonyl (C=O) groups is 1. The molecule has 0 spiro atoms. The minimum absolute atomic E-state index is 0.277. The number of hydrogen-bond acceptors (Lipinski definition) is 3. The van der Waals surface area contributed by atoms with Crippen molar-refractivity contribution in [2.45, 2.75) is 12.2 Å². The average molecular weight is 368 g/mol. The van der Waals surface area contributed by atoms with Gasteiger partial charge in [-0.25, -0.2) is 0 Å². The Morgan fingerprint density at radius 3 is 2.27 bits per heavy atom. The molecule has 4 nitrogen and oxygen atoms in total. The number of amides is 1. The topological polar surface area (TPSA) is 72.6 Å². The summed E-state index contributed by atoms with van der Waals surface area (Å²) < 4.78 is 5.72. The molecule has 26 heavy (non-hydrogen) atoms. The van der Waals surface area contributed by atoms with E-state index in [2.05, 4.69) is 0 Å². The number of nitrogens with two attached hydrogens (primary N) is 1. The molecule has 1 unspecified atom stereocenters. The summed E-state index contributed by atoms with van der Waals surface area (Å²) in [4.78, 5) is 12.1. The van der Waals surface area contributed by atoms with Gasteiger partial charge in [-0.15, -0.1) is 0 Å². The van der Waals surface area contributed by atoms with Crippen molar-refractivity contribution in [1.82, 2.24) is 0 Å². The number of carbonyl (C=O) groups excluding carboxylic acids is 1. The van der Waals surface area contributed by atoms with Crippen LogP contribution in [-0.2, 0) is 17.0 Å². The van der Waals surface area contributed by atoms with Crippen LogP contribution < -0.4 is 10.5 Å². The van der Waals surface area contributed by atoms with Crippen molar-refractivity contribution in [2.24, 2.45) is 5.73 Å². The molecule has 3 rings (SSSR count). The van der Waals surface area contributed by atoms with Crippen molar-refractivity contribution in [3.63, 3.8) is 0 Å². The average Bonchev–Trinajstić information content (AvgIpc) is 2.67. The Hall–Kier alpha value is -2.82. The molecular weight excluding hydrogens is 350 g/mol. The van der Waals surface area contributed by atoms with Gasteiger partial charge in [0.2, 0.25) is 0 Å². The Morgan fingerprint density at radius 1 is 0.962 bits per heavy atom. The molecule has 0 saturated heterocycles. The SMILES string of the molecule is NC(=O)C(O)(c1ccccc1)c1cccc(COc2ccc(Cl)cc2)c1. The van der Waals surface area contributed by atoms with E-state index in [0.29, 0.717) is 21.9 Å². The van der Waals surface area contributed by atoms with Crippen LogP contribution in [0.5, 0.6) is 5.75 Å². The highest BCUT2D eigenvalue weighted by Gasteiger charge is 2.38. The van der Waals surface area contributed by atoms with Crippen LogP contribution in [0.2, 0.25) is 5.02 Å². The lowest BCUT2D eigenvalue weighted by Crippen LogP contribution is -2.42. The summed E-state index contributed by atoms with van der Waals surface area (Å²) in [5.41, 5.74) is 5.24. The van der Waals surface area contributed by atoms with Crippen molar-refractivity contribution < 1.29 is 14.6 Å². The van der Waals surface area contributed by atoms with Crippen LogP contribution >= 0.6 is 11.6 Å². The third-order valence-corrected chi connectivity index (χ3v) is 4.36. The van der Waals surface area contributed by atoms with E-state index in [1.807, 2.05) is 6.07 Å². The van der Waals surface area contributed by atoms with Gasteiger partial charge in [0.05, 0.1) is 0 Å². The van der Waals surface area contributed by atoms with Crippen LogP contribution in [0.3, 0.4) is 0 Å². The van der Waals surface area contributed by atoms with E-state index in [1.165, 1.54) is 0 Å². The third kappa shape index (κ3) is 3.72. The molecule has 0 aromatic heterocycles. The first-order valence-corrected chi connectivity index (χ1v) is 8.43. The van der Waals surface area contributed by atoms with Crippen molar-refractivity contribution in [1.29, 1.82) is 0 Å². The van der Waals surface area contributed by atoms with Crippen molar-refractivity contribution in [2.75, 3.05) is 0 Å². The first-order valence-electron chi connectivity index (χ1n) is 8.06. The fourth-order valence-electron chi connectivity index (χ4n) is 2.71. The van der Waals surface area contributed by atoms with Crippen LogP contribution in [0.4, 0.5) is 0 Å². The number of ether oxygens (including phenoxy) is 1. The largest absolute Gasteiger partial charge is 0.489 e. The summed E-state index contributed by atoms with van der Waals surface area (Å²) in [5, 5.41) is 11.7. The fourth-order valence-corrected chi connectivity index (χ4v) is 2.84. The van der Waals surface area contributed by atoms with Crippen molar-refractivity contribution in [3.8, 4) is 5.75 Å². The van der Waals surface area contributed by atoms with Crippen molar-refractivity contribution >= 4 is 17.5 Å². The van der Waals surface area contributed by atoms with E-state index in [0.717, 1.165) is 5.56 Å². The van der Waals surface area contributed by atoms with Gasteiger partial charge in [-0.1, -0.05) is 60.1 Å². The molecule has 3 aromatic rings. The Bertz CT molecular complexity index is 897. The van der Waals surface area contributed by atoms with Gasteiger partial charge in [-0.05, 0) is 47.0 Å². The number of hydrogen-bond donors (Lipinski definition) is 2. The highest BCUT2D eigenvalue weighted by Crippen LogP contribution is 2.30.